The fraction of sp³-hybridized carbons (Fsp3) is 0.438. The van der Waals surface area contributed by atoms with Crippen LogP contribution in [0.4, 0.5) is 0 Å². The Kier molecular flexibility index (Phi) is 3.28. The zero-order valence-electron chi connectivity index (χ0n) is 11.2. The fourth-order valence-corrected chi connectivity index (χ4v) is 3.17. The first-order valence-electron chi connectivity index (χ1n) is 7.09. The van der Waals surface area contributed by atoms with Crippen molar-refractivity contribution in [3.05, 3.63) is 35.5 Å². The molecule has 19 heavy (non-hydrogen) atoms. The summed E-state index contributed by atoms with van der Waals surface area (Å²) in [6, 6.07) is 8.15. The normalized spacial score (nSPS) is 16.1. The molecule has 1 aromatic heterocycles. The van der Waals surface area contributed by atoms with Crippen LogP contribution in [-0.2, 0) is 4.74 Å². The number of carbonyl (C=O) groups is 1. The molecule has 0 spiro atoms. The molecule has 0 amide bonds. The number of hydrogen-bond acceptors (Lipinski definition) is 2. The Labute approximate surface area is 113 Å². The number of para-hydroxylation sites is 1. The Bertz CT molecular complexity index is 594. The van der Waals surface area contributed by atoms with E-state index in [4.69, 9.17) is 4.74 Å². The number of ether oxygens (including phenoxy) is 1. The van der Waals surface area contributed by atoms with Crippen LogP contribution < -0.4 is 0 Å². The van der Waals surface area contributed by atoms with E-state index in [1.54, 1.807) is 0 Å². The SMILES string of the molecule is CCOC(=O)c1[nH]c2ccccc2c1C1CCCC1. The number of aromatic nitrogens is 1. The van der Waals surface area contributed by atoms with Gasteiger partial charge in [0.1, 0.15) is 5.69 Å². The van der Waals surface area contributed by atoms with E-state index in [0.29, 0.717) is 18.2 Å². The van der Waals surface area contributed by atoms with Crippen LogP contribution in [0.25, 0.3) is 10.9 Å². The molecule has 3 nitrogen and oxygen atoms in total. The maximum atomic E-state index is 12.1. The molecule has 1 N–H and O–H groups in total. The molecule has 2 aromatic rings. The number of esters is 1. The van der Waals surface area contributed by atoms with Gasteiger partial charge in [-0.25, -0.2) is 4.79 Å². The average Bonchev–Trinajstić information content (AvgIpc) is 3.05. The lowest BCUT2D eigenvalue weighted by atomic mass is 9.94. The van der Waals surface area contributed by atoms with Crippen molar-refractivity contribution in [1.29, 1.82) is 0 Å². The largest absolute Gasteiger partial charge is 0.461 e. The van der Waals surface area contributed by atoms with Gasteiger partial charge in [0.2, 0.25) is 0 Å². The third-order valence-electron chi connectivity index (χ3n) is 3.99. The lowest BCUT2D eigenvalue weighted by Crippen LogP contribution is -2.09. The van der Waals surface area contributed by atoms with Crippen LogP contribution in [0, 0.1) is 0 Å². The Morgan fingerprint density at radius 1 is 1.32 bits per heavy atom. The Morgan fingerprint density at radius 2 is 2.05 bits per heavy atom. The molecular formula is C16H19NO2. The number of aromatic amines is 1. The third-order valence-corrected chi connectivity index (χ3v) is 3.99. The van der Waals surface area contributed by atoms with Gasteiger partial charge in [-0.1, -0.05) is 31.0 Å². The van der Waals surface area contributed by atoms with Crippen molar-refractivity contribution < 1.29 is 9.53 Å². The van der Waals surface area contributed by atoms with Gasteiger partial charge in [0, 0.05) is 10.9 Å². The van der Waals surface area contributed by atoms with Crippen LogP contribution in [0.5, 0.6) is 0 Å². The summed E-state index contributed by atoms with van der Waals surface area (Å²) in [5, 5.41) is 1.18. The van der Waals surface area contributed by atoms with E-state index < -0.39 is 0 Å². The summed E-state index contributed by atoms with van der Waals surface area (Å²) in [5.74, 6) is 0.274. The topological polar surface area (TPSA) is 42.1 Å². The predicted octanol–water partition coefficient (Wildman–Crippen LogP) is 4.00. The van der Waals surface area contributed by atoms with E-state index >= 15 is 0 Å². The second-order valence-electron chi connectivity index (χ2n) is 5.16. The van der Waals surface area contributed by atoms with Crippen LogP contribution in [0.2, 0.25) is 0 Å². The maximum Gasteiger partial charge on any atom is 0.355 e. The Balaban J connectivity index is 2.13. The van der Waals surface area contributed by atoms with Crippen LogP contribution in [0.1, 0.15) is 54.6 Å². The number of nitrogens with one attached hydrogen (secondary N) is 1. The van der Waals surface area contributed by atoms with E-state index in [9.17, 15) is 4.79 Å². The van der Waals surface area contributed by atoms with Gasteiger partial charge in [-0.3, -0.25) is 0 Å². The van der Waals surface area contributed by atoms with Gasteiger partial charge in [-0.05, 0) is 37.3 Å². The zero-order chi connectivity index (χ0) is 13.2. The second-order valence-corrected chi connectivity index (χ2v) is 5.16. The van der Waals surface area contributed by atoms with Crippen molar-refractivity contribution in [3.8, 4) is 0 Å². The van der Waals surface area contributed by atoms with Gasteiger partial charge in [-0.15, -0.1) is 0 Å². The van der Waals surface area contributed by atoms with Gasteiger partial charge < -0.3 is 9.72 Å². The van der Waals surface area contributed by atoms with Crippen molar-refractivity contribution >= 4 is 16.9 Å². The Hall–Kier alpha value is -1.77. The first kappa shape index (κ1) is 12.3. The molecule has 1 saturated carbocycles. The highest BCUT2D eigenvalue weighted by Crippen LogP contribution is 2.39. The van der Waals surface area contributed by atoms with Crippen molar-refractivity contribution in [3.63, 3.8) is 0 Å². The van der Waals surface area contributed by atoms with Gasteiger partial charge in [0.25, 0.3) is 0 Å². The molecule has 1 fully saturated rings. The molecule has 0 unspecified atom stereocenters. The van der Waals surface area contributed by atoms with E-state index in [1.165, 1.54) is 36.6 Å². The van der Waals surface area contributed by atoms with E-state index in [2.05, 4.69) is 11.1 Å². The van der Waals surface area contributed by atoms with Crippen molar-refractivity contribution in [2.24, 2.45) is 0 Å². The summed E-state index contributed by atoms with van der Waals surface area (Å²) in [6.07, 6.45) is 4.86. The lowest BCUT2D eigenvalue weighted by Gasteiger charge is -2.11. The molecule has 3 heteroatoms. The average molecular weight is 257 g/mol. The summed E-state index contributed by atoms with van der Waals surface area (Å²) < 4.78 is 5.19. The lowest BCUT2D eigenvalue weighted by molar-refractivity contribution is 0.0518. The van der Waals surface area contributed by atoms with E-state index in [-0.39, 0.29) is 5.97 Å². The summed E-state index contributed by atoms with van der Waals surface area (Å²) in [7, 11) is 0. The van der Waals surface area contributed by atoms with Crippen LogP contribution in [0.15, 0.2) is 24.3 Å². The highest BCUT2D eigenvalue weighted by molar-refractivity contribution is 5.98. The molecule has 0 bridgehead atoms. The summed E-state index contributed by atoms with van der Waals surface area (Å²) in [4.78, 5) is 15.4. The van der Waals surface area contributed by atoms with Crippen molar-refractivity contribution in [1.82, 2.24) is 4.98 Å². The maximum absolute atomic E-state index is 12.1. The molecule has 1 heterocycles. The quantitative estimate of drug-likeness (QED) is 0.844. The molecule has 0 radical (unpaired) electrons. The highest BCUT2D eigenvalue weighted by atomic mass is 16.5. The number of hydrogen-bond donors (Lipinski definition) is 1. The van der Waals surface area contributed by atoms with Crippen molar-refractivity contribution in [2.75, 3.05) is 6.61 Å². The number of rotatable bonds is 3. The van der Waals surface area contributed by atoms with Gasteiger partial charge in [0.05, 0.1) is 6.61 Å². The summed E-state index contributed by atoms with van der Waals surface area (Å²) in [6.45, 7) is 2.26. The minimum absolute atomic E-state index is 0.222. The molecule has 100 valence electrons. The number of carbonyl (C=O) groups excluding carboxylic acids is 1. The van der Waals surface area contributed by atoms with Crippen LogP contribution in [-0.4, -0.2) is 17.6 Å². The van der Waals surface area contributed by atoms with Gasteiger partial charge in [-0.2, -0.15) is 0 Å². The highest BCUT2D eigenvalue weighted by Gasteiger charge is 2.27. The van der Waals surface area contributed by atoms with E-state index in [1.807, 2.05) is 25.1 Å². The standard InChI is InChI=1S/C16H19NO2/c1-2-19-16(18)15-14(11-7-3-4-8-11)12-9-5-6-10-13(12)17-15/h5-6,9-11,17H,2-4,7-8H2,1H3. The zero-order valence-corrected chi connectivity index (χ0v) is 11.2. The first-order valence-corrected chi connectivity index (χ1v) is 7.09. The van der Waals surface area contributed by atoms with Crippen LogP contribution >= 0.6 is 0 Å². The van der Waals surface area contributed by atoms with Crippen LogP contribution in [0.3, 0.4) is 0 Å². The number of fused-ring (bicyclic) bond motifs is 1. The van der Waals surface area contributed by atoms with Crippen molar-refractivity contribution in [2.45, 2.75) is 38.5 Å². The molecule has 1 aliphatic rings. The second kappa shape index (κ2) is 5.08. The minimum atomic E-state index is -0.222. The van der Waals surface area contributed by atoms with Gasteiger partial charge in [0.15, 0.2) is 0 Å². The molecule has 0 saturated heterocycles. The fourth-order valence-electron chi connectivity index (χ4n) is 3.17. The summed E-state index contributed by atoms with van der Waals surface area (Å²) in [5.41, 5.74) is 2.87. The smallest absolute Gasteiger partial charge is 0.355 e. The molecule has 1 aliphatic carbocycles. The predicted molar refractivity (Wildman–Crippen MR) is 75.5 cm³/mol. The molecule has 0 atom stereocenters. The first-order chi connectivity index (χ1) is 9.31. The summed E-state index contributed by atoms with van der Waals surface area (Å²) >= 11 is 0. The molecular weight excluding hydrogens is 238 g/mol. The third kappa shape index (κ3) is 2.14. The minimum Gasteiger partial charge on any atom is -0.461 e. The molecule has 3 rings (SSSR count). The molecule has 0 aliphatic heterocycles. The molecule has 1 aromatic carbocycles. The van der Waals surface area contributed by atoms with Gasteiger partial charge >= 0.3 is 5.97 Å². The number of benzene rings is 1. The Morgan fingerprint density at radius 3 is 2.79 bits per heavy atom. The monoisotopic (exact) mass is 257 g/mol. The van der Waals surface area contributed by atoms with E-state index in [0.717, 1.165) is 5.52 Å². The number of H-pyrrole nitrogens is 1.